The van der Waals surface area contributed by atoms with Gasteiger partial charge in [-0.05, 0) is 24.3 Å². The van der Waals surface area contributed by atoms with Crippen LogP contribution in [0.15, 0.2) is 42.7 Å². The lowest BCUT2D eigenvalue weighted by atomic mass is 9.94. The van der Waals surface area contributed by atoms with Crippen molar-refractivity contribution in [2.45, 2.75) is 0 Å². The predicted octanol–water partition coefficient (Wildman–Crippen LogP) is 1.81. The van der Waals surface area contributed by atoms with Crippen LogP contribution in [0.5, 0.6) is 0 Å². The predicted molar refractivity (Wildman–Crippen MR) is 73.5 cm³/mol. The maximum absolute atomic E-state index is 14.1. The summed E-state index contributed by atoms with van der Waals surface area (Å²) in [5.74, 6) is -1.25. The number of hydrogen-bond donors (Lipinski definition) is 0. The number of anilines is 1. The Hall–Kier alpha value is -2.50. The topological polar surface area (TPSA) is 50.3 Å². The number of carbonyl (C=O) groups is 2. The Balaban J connectivity index is 2.39. The van der Waals surface area contributed by atoms with E-state index in [1.807, 2.05) is 0 Å². The van der Waals surface area contributed by atoms with Crippen molar-refractivity contribution < 1.29 is 14.0 Å². The summed E-state index contributed by atoms with van der Waals surface area (Å²) in [4.78, 5) is 28.2. The zero-order valence-electron chi connectivity index (χ0n) is 10.7. The van der Waals surface area contributed by atoms with Gasteiger partial charge >= 0.3 is 0 Å². The van der Waals surface area contributed by atoms with Gasteiger partial charge in [0.15, 0.2) is 13.7 Å². The molecule has 0 aliphatic rings. The molecule has 2 rings (SSSR count). The van der Waals surface area contributed by atoms with E-state index in [-0.39, 0.29) is 11.3 Å². The smallest absolute Gasteiger partial charge is 0.259 e. The fourth-order valence-electron chi connectivity index (χ4n) is 1.76. The number of pyridine rings is 1. The van der Waals surface area contributed by atoms with E-state index in [2.05, 4.69) is 4.98 Å². The molecule has 1 aromatic carbocycles. The second-order valence-corrected chi connectivity index (χ2v) is 4.11. The lowest BCUT2D eigenvalue weighted by Crippen LogP contribution is -2.27. The SMILES string of the molecule is [B]C(=O)c1cccc(N(C)C(=O)c2cccnc2)c1F. The van der Waals surface area contributed by atoms with Gasteiger partial charge in [0.1, 0.15) is 5.68 Å². The Kier molecular flexibility index (Phi) is 3.93. The summed E-state index contributed by atoms with van der Waals surface area (Å²) in [7, 11) is 6.49. The van der Waals surface area contributed by atoms with E-state index in [0.717, 1.165) is 4.90 Å². The molecule has 0 spiro atoms. The highest BCUT2D eigenvalue weighted by Crippen LogP contribution is 2.22. The summed E-state index contributed by atoms with van der Waals surface area (Å²) >= 11 is 0. The van der Waals surface area contributed by atoms with Crippen molar-refractivity contribution in [3.05, 3.63) is 59.7 Å². The molecule has 2 aromatic rings. The number of benzene rings is 1. The third kappa shape index (κ3) is 2.59. The van der Waals surface area contributed by atoms with Crippen LogP contribution < -0.4 is 4.90 Å². The van der Waals surface area contributed by atoms with Gasteiger partial charge in [-0.25, -0.2) is 4.39 Å². The second-order valence-electron chi connectivity index (χ2n) is 4.11. The largest absolute Gasteiger partial charge is 0.309 e. The van der Waals surface area contributed by atoms with Crippen LogP contribution in [0.1, 0.15) is 20.7 Å². The fraction of sp³-hybridized carbons (Fsp3) is 0.0714. The molecule has 1 heterocycles. The summed E-state index contributed by atoms with van der Waals surface area (Å²) in [6.45, 7) is 0. The highest BCUT2D eigenvalue weighted by Gasteiger charge is 2.19. The molecule has 0 aliphatic heterocycles. The first kappa shape index (κ1) is 13.9. The zero-order valence-corrected chi connectivity index (χ0v) is 10.7. The van der Waals surface area contributed by atoms with Gasteiger partial charge in [0.25, 0.3) is 5.91 Å². The lowest BCUT2D eigenvalue weighted by Gasteiger charge is -2.18. The average molecular weight is 268 g/mol. The van der Waals surface area contributed by atoms with Crippen molar-refractivity contribution in [3.63, 3.8) is 0 Å². The highest BCUT2D eigenvalue weighted by molar-refractivity contribution is 6.62. The van der Waals surface area contributed by atoms with Crippen LogP contribution >= 0.6 is 0 Å². The molecule has 0 fully saturated rings. The average Bonchev–Trinajstić information content (AvgIpc) is 2.46. The maximum atomic E-state index is 14.1. The minimum absolute atomic E-state index is 0.0184. The quantitative estimate of drug-likeness (QED) is 0.797. The van der Waals surface area contributed by atoms with Gasteiger partial charge in [-0.2, -0.15) is 0 Å². The molecule has 0 unspecified atom stereocenters. The second kappa shape index (κ2) is 5.65. The molecule has 1 amide bonds. The number of aromatic nitrogens is 1. The summed E-state index contributed by atoms with van der Waals surface area (Å²) in [6.07, 6.45) is 2.92. The number of hydrogen-bond acceptors (Lipinski definition) is 3. The molecule has 0 saturated carbocycles. The minimum Gasteiger partial charge on any atom is -0.309 e. The fourth-order valence-corrected chi connectivity index (χ4v) is 1.76. The molecule has 6 heteroatoms. The van der Waals surface area contributed by atoms with E-state index in [0.29, 0.717) is 5.56 Å². The Morgan fingerprint density at radius 1 is 1.25 bits per heavy atom. The number of halogens is 1. The van der Waals surface area contributed by atoms with Crippen LogP contribution in [0.25, 0.3) is 0 Å². The van der Waals surface area contributed by atoms with E-state index in [9.17, 15) is 14.0 Å². The minimum atomic E-state index is -0.883. The Bertz CT molecular complexity index is 661. The van der Waals surface area contributed by atoms with Crippen molar-refractivity contribution in [2.24, 2.45) is 0 Å². The Labute approximate surface area is 116 Å². The van der Waals surface area contributed by atoms with Crippen molar-refractivity contribution in [1.29, 1.82) is 0 Å². The molecule has 2 radical (unpaired) electrons. The molecule has 0 N–H and O–H groups in total. The molecular weight excluding hydrogens is 258 g/mol. The molecule has 4 nitrogen and oxygen atoms in total. The number of rotatable bonds is 3. The maximum Gasteiger partial charge on any atom is 0.259 e. The van der Waals surface area contributed by atoms with Gasteiger partial charge in [-0.1, -0.05) is 6.07 Å². The van der Waals surface area contributed by atoms with E-state index in [1.165, 1.54) is 37.6 Å². The van der Waals surface area contributed by atoms with Gasteiger partial charge in [0, 0.05) is 25.0 Å². The van der Waals surface area contributed by atoms with E-state index in [1.54, 1.807) is 12.1 Å². The molecule has 20 heavy (non-hydrogen) atoms. The van der Waals surface area contributed by atoms with Crippen LogP contribution in [-0.4, -0.2) is 31.5 Å². The molecule has 0 atom stereocenters. The number of amides is 1. The van der Waals surface area contributed by atoms with E-state index >= 15 is 0 Å². The van der Waals surface area contributed by atoms with Crippen molar-refractivity contribution in [3.8, 4) is 0 Å². The first-order valence-electron chi connectivity index (χ1n) is 5.78. The van der Waals surface area contributed by atoms with E-state index in [4.69, 9.17) is 7.85 Å². The summed E-state index contributed by atoms with van der Waals surface area (Å²) < 4.78 is 14.1. The van der Waals surface area contributed by atoms with E-state index < -0.39 is 17.4 Å². The van der Waals surface area contributed by atoms with Crippen LogP contribution in [-0.2, 0) is 0 Å². The monoisotopic (exact) mass is 268 g/mol. The first-order chi connectivity index (χ1) is 9.52. The highest BCUT2D eigenvalue weighted by atomic mass is 19.1. The van der Waals surface area contributed by atoms with Crippen molar-refractivity contribution in [2.75, 3.05) is 11.9 Å². The molecule has 98 valence electrons. The summed E-state index contributed by atoms with van der Waals surface area (Å²) in [5.41, 5.74) is -0.839. The third-order valence-corrected chi connectivity index (χ3v) is 2.82. The summed E-state index contributed by atoms with van der Waals surface area (Å²) in [6, 6.07) is 7.31. The number of nitrogens with zero attached hydrogens (tertiary/aromatic N) is 2. The Morgan fingerprint density at radius 2 is 2.00 bits per heavy atom. The summed E-state index contributed by atoms with van der Waals surface area (Å²) in [5, 5.41) is 0. The standard InChI is InChI=1S/C14H10BFN2O2/c1-18(14(20)9-4-3-7-17-8-9)11-6-2-5-10(12(11)16)13(15)19/h2-8H,1H3. The number of carbonyl (C=O) groups excluding carboxylic acids is 2. The van der Waals surface area contributed by atoms with Crippen LogP contribution in [0.3, 0.4) is 0 Å². The van der Waals surface area contributed by atoms with Gasteiger partial charge < -0.3 is 9.69 Å². The van der Waals surface area contributed by atoms with Crippen LogP contribution in [0.4, 0.5) is 10.1 Å². The van der Waals surface area contributed by atoms with Gasteiger partial charge in [-0.3, -0.25) is 9.78 Å². The zero-order chi connectivity index (χ0) is 14.7. The first-order valence-corrected chi connectivity index (χ1v) is 5.78. The molecular formula is C14H10BFN2O2. The Morgan fingerprint density at radius 3 is 2.60 bits per heavy atom. The van der Waals surface area contributed by atoms with Crippen LogP contribution in [0, 0.1) is 5.82 Å². The molecule has 1 aromatic heterocycles. The molecule has 0 aliphatic carbocycles. The van der Waals surface area contributed by atoms with Gasteiger partial charge in [0.05, 0.1) is 11.3 Å². The third-order valence-electron chi connectivity index (χ3n) is 2.82. The van der Waals surface area contributed by atoms with Gasteiger partial charge in [0.2, 0.25) is 0 Å². The molecule has 0 bridgehead atoms. The van der Waals surface area contributed by atoms with Crippen molar-refractivity contribution in [1.82, 2.24) is 4.98 Å². The van der Waals surface area contributed by atoms with Crippen molar-refractivity contribution >= 4 is 25.1 Å². The van der Waals surface area contributed by atoms with Gasteiger partial charge in [-0.15, -0.1) is 0 Å². The molecule has 0 saturated heterocycles. The normalized spacial score (nSPS) is 10.1. The van der Waals surface area contributed by atoms with Crippen LogP contribution in [0.2, 0.25) is 0 Å². The lowest BCUT2D eigenvalue weighted by molar-refractivity contribution is 0.0990.